The Kier molecular flexibility index (Phi) is 6.26. The van der Waals surface area contributed by atoms with E-state index in [9.17, 15) is 14.7 Å². The van der Waals surface area contributed by atoms with Crippen LogP contribution in [-0.2, 0) is 14.3 Å². The van der Waals surface area contributed by atoms with Gasteiger partial charge in [-0.2, -0.15) is 0 Å². The highest BCUT2D eigenvalue weighted by Crippen LogP contribution is 2.41. The smallest absolute Gasteiger partial charge is 0.295 e. The number of benzene rings is 2. The number of hydrogen-bond acceptors (Lipinski definition) is 6. The van der Waals surface area contributed by atoms with Crippen LogP contribution in [0, 0.1) is 6.92 Å². The molecular weight excluding hydrogens is 458 g/mol. The summed E-state index contributed by atoms with van der Waals surface area (Å²) >= 11 is 0. The summed E-state index contributed by atoms with van der Waals surface area (Å²) in [6.45, 7) is 2.17. The zero-order valence-corrected chi connectivity index (χ0v) is 19.9. The van der Waals surface area contributed by atoms with Crippen molar-refractivity contribution in [1.82, 2.24) is 14.3 Å². The second-order valence-electron chi connectivity index (χ2n) is 8.45. The Morgan fingerprint density at radius 1 is 1.00 bits per heavy atom. The van der Waals surface area contributed by atoms with Gasteiger partial charge >= 0.3 is 0 Å². The average molecular weight is 484 g/mol. The van der Waals surface area contributed by atoms with Gasteiger partial charge in [0.2, 0.25) is 0 Å². The summed E-state index contributed by atoms with van der Waals surface area (Å²) in [5.74, 6) is -0.525. The predicted molar refractivity (Wildman–Crippen MR) is 134 cm³/mol. The molecule has 0 spiro atoms. The molecule has 1 saturated heterocycles. The van der Waals surface area contributed by atoms with E-state index in [4.69, 9.17) is 9.47 Å². The molecule has 1 fully saturated rings. The molecule has 5 rings (SSSR count). The number of carbonyl (C=O) groups is 2. The normalized spacial score (nSPS) is 17.2. The van der Waals surface area contributed by atoms with Gasteiger partial charge in [0, 0.05) is 19.9 Å². The molecule has 182 valence electrons. The second-order valence-corrected chi connectivity index (χ2v) is 8.45. The maximum atomic E-state index is 13.3. The Bertz CT molecular complexity index is 1480. The Labute approximate surface area is 208 Å². The number of aryl methyl sites for hydroxylation is 1. The number of pyridine rings is 1. The van der Waals surface area contributed by atoms with E-state index in [2.05, 4.69) is 4.98 Å². The molecule has 0 aliphatic carbocycles. The van der Waals surface area contributed by atoms with Crippen molar-refractivity contribution in [2.75, 3.05) is 20.3 Å². The molecule has 1 atom stereocenters. The number of aromatic nitrogens is 2. The standard InChI is InChI=1S/C28H25N3O5/c1-18-24(30-14-7-6-13-22(30)29-18)26(32)23-25(31(15-16-35-2)28(34)27(23)33)19-9-8-12-21(17-19)36-20-10-4-3-5-11-20/h3-14,17,25,32H,15-16H2,1-2H3. The van der Waals surface area contributed by atoms with Gasteiger partial charge in [-0.25, -0.2) is 4.98 Å². The van der Waals surface area contributed by atoms with Crippen molar-refractivity contribution in [1.29, 1.82) is 0 Å². The summed E-state index contributed by atoms with van der Waals surface area (Å²) in [6, 6.07) is 21.1. The maximum absolute atomic E-state index is 13.3. The molecule has 3 heterocycles. The fourth-order valence-electron chi connectivity index (χ4n) is 4.55. The lowest BCUT2D eigenvalue weighted by Crippen LogP contribution is -2.32. The molecule has 2 aromatic heterocycles. The van der Waals surface area contributed by atoms with E-state index in [1.165, 1.54) is 12.0 Å². The minimum absolute atomic E-state index is 0.00159. The minimum Gasteiger partial charge on any atom is -0.505 e. The molecule has 2 aromatic carbocycles. The number of ketones is 1. The lowest BCUT2D eigenvalue weighted by molar-refractivity contribution is -0.140. The third-order valence-corrected chi connectivity index (χ3v) is 6.16. The highest BCUT2D eigenvalue weighted by molar-refractivity contribution is 6.46. The van der Waals surface area contributed by atoms with Crippen molar-refractivity contribution >= 4 is 23.1 Å². The van der Waals surface area contributed by atoms with E-state index in [0.717, 1.165) is 0 Å². The minimum atomic E-state index is -0.826. The van der Waals surface area contributed by atoms with E-state index in [1.807, 2.05) is 54.6 Å². The van der Waals surface area contributed by atoms with Gasteiger partial charge in [0.15, 0.2) is 5.76 Å². The Balaban J connectivity index is 1.65. The second kappa shape index (κ2) is 9.67. The van der Waals surface area contributed by atoms with Gasteiger partial charge in [-0.15, -0.1) is 0 Å². The zero-order valence-electron chi connectivity index (χ0n) is 19.9. The van der Waals surface area contributed by atoms with Crippen LogP contribution in [0.1, 0.15) is 23.0 Å². The topological polar surface area (TPSA) is 93.4 Å². The molecule has 1 amide bonds. The number of rotatable bonds is 7. The SMILES string of the molecule is COCCN1C(=O)C(=O)C(=C(O)c2c(C)nc3ccccn23)C1c1cccc(Oc2ccccc2)c1. The third-order valence-electron chi connectivity index (χ3n) is 6.16. The van der Waals surface area contributed by atoms with E-state index < -0.39 is 17.7 Å². The predicted octanol–water partition coefficient (Wildman–Crippen LogP) is 4.50. The summed E-state index contributed by atoms with van der Waals surface area (Å²) in [7, 11) is 1.53. The number of likely N-dealkylation sites (tertiary alicyclic amines) is 1. The first kappa shape index (κ1) is 23.3. The highest BCUT2D eigenvalue weighted by Gasteiger charge is 2.46. The van der Waals surface area contributed by atoms with Crippen LogP contribution in [0.4, 0.5) is 0 Å². The number of hydrogen-bond donors (Lipinski definition) is 1. The van der Waals surface area contributed by atoms with E-state index in [1.54, 1.807) is 35.7 Å². The molecule has 8 nitrogen and oxygen atoms in total. The van der Waals surface area contributed by atoms with Crippen LogP contribution in [0.3, 0.4) is 0 Å². The number of nitrogens with zero attached hydrogens (tertiary/aromatic N) is 3. The number of imidazole rings is 1. The van der Waals surface area contributed by atoms with Crippen LogP contribution in [0.25, 0.3) is 11.4 Å². The average Bonchev–Trinajstić information content (AvgIpc) is 3.36. The molecule has 8 heteroatoms. The maximum Gasteiger partial charge on any atom is 0.295 e. The molecule has 0 radical (unpaired) electrons. The van der Waals surface area contributed by atoms with Gasteiger partial charge in [0.05, 0.1) is 23.9 Å². The van der Waals surface area contributed by atoms with Crippen LogP contribution in [0.5, 0.6) is 11.5 Å². The molecule has 1 aliphatic heterocycles. The van der Waals surface area contributed by atoms with Gasteiger partial charge < -0.3 is 19.5 Å². The van der Waals surface area contributed by atoms with E-state index in [-0.39, 0.29) is 24.5 Å². The van der Waals surface area contributed by atoms with Crippen molar-refractivity contribution < 1.29 is 24.2 Å². The molecule has 36 heavy (non-hydrogen) atoms. The Morgan fingerprint density at radius 2 is 1.75 bits per heavy atom. The lowest BCUT2D eigenvalue weighted by atomic mass is 9.96. The van der Waals surface area contributed by atoms with Crippen molar-refractivity contribution in [2.45, 2.75) is 13.0 Å². The fourth-order valence-corrected chi connectivity index (χ4v) is 4.55. The number of aliphatic hydroxyl groups excluding tert-OH is 1. The zero-order chi connectivity index (χ0) is 25.2. The van der Waals surface area contributed by atoms with Crippen LogP contribution in [0.15, 0.2) is 84.6 Å². The molecule has 0 bridgehead atoms. The van der Waals surface area contributed by atoms with Crippen LogP contribution in [-0.4, -0.2) is 51.3 Å². The summed E-state index contributed by atoms with van der Waals surface area (Å²) in [5.41, 5.74) is 2.17. The van der Waals surface area contributed by atoms with Crippen molar-refractivity contribution in [3.8, 4) is 11.5 Å². The number of ether oxygens (including phenoxy) is 2. The van der Waals surface area contributed by atoms with Gasteiger partial charge in [-0.3, -0.25) is 14.0 Å². The first-order valence-corrected chi connectivity index (χ1v) is 11.5. The van der Waals surface area contributed by atoms with E-state index in [0.29, 0.717) is 34.1 Å². The number of fused-ring (bicyclic) bond motifs is 1. The number of Topliss-reactive ketones (excluding diaryl/α,β-unsaturated/α-hetero) is 1. The molecular formula is C28H25N3O5. The Hall–Kier alpha value is -4.43. The largest absolute Gasteiger partial charge is 0.505 e. The summed E-state index contributed by atoms with van der Waals surface area (Å²) < 4.78 is 12.9. The Morgan fingerprint density at radius 3 is 2.53 bits per heavy atom. The van der Waals surface area contributed by atoms with Crippen molar-refractivity contribution in [3.05, 3.63) is 102 Å². The highest BCUT2D eigenvalue weighted by atomic mass is 16.5. The number of para-hydroxylation sites is 1. The van der Waals surface area contributed by atoms with Gasteiger partial charge in [-0.1, -0.05) is 36.4 Å². The fraction of sp³-hybridized carbons (Fsp3) is 0.179. The van der Waals surface area contributed by atoms with Crippen LogP contribution in [0.2, 0.25) is 0 Å². The quantitative estimate of drug-likeness (QED) is 0.236. The van der Waals surface area contributed by atoms with Gasteiger partial charge in [0.1, 0.15) is 22.8 Å². The van der Waals surface area contributed by atoms with Crippen LogP contribution < -0.4 is 4.74 Å². The molecule has 1 N–H and O–H groups in total. The van der Waals surface area contributed by atoms with Gasteiger partial charge in [-0.05, 0) is 48.9 Å². The van der Waals surface area contributed by atoms with Crippen molar-refractivity contribution in [3.63, 3.8) is 0 Å². The van der Waals surface area contributed by atoms with Crippen molar-refractivity contribution in [2.24, 2.45) is 0 Å². The molecule has 4 aromatic rings. The first-order valence-electron chi connectivity index (χ1n) is 11.5. The number of carbonyl (C=O) groups excluding carboxylic acids is 2. The van der Waals surface area contributed by atoms with Gasteiger partial charge in [0.25, 0.3) is 11.7 Å². The number of aliphatic hydroxyl groups is 1. The summed E-state index contributed by atoms with van der Waals surface area (Å²) in [4.78, 5) is 32.4. The third kappa shape index (κ3) is 4.12. The number of methoxy groups -OCH3 is 1. The number of amides is 1. The molecule has 1 aliphatic rings. The monoisotopic (exact) mass is 483 g/mol. The summed E-state index contributed by atoms with van der Waals surface area (Å²) in [6.07, 6.45) is 1.76. The lowest BCUT2D eigenvalue weighted by Gasteiger charge is -2.25. The molecule has 1 unspecified atom stereocenters. The first-order chi connectivity index (χ1) is 17.5. The molecule has 0 saturated carbocycles. The summed E-state index contributed by atoms with van der Waals surface area (Å²) in [5, 5.41) is 11.5. The van der Waals surface area contributed by atoms with Crippen LogP contribution >= 0.6 is 0 Å². The van der Waals surface area contributed by atoms with E-state index >= 15 is 0 Å².